The Labute approximate surface area is 81.8 Å². The normalized spacial score (nSPS) is 16.1. The van der Waals surface area contributed by atoms with Crippen molar-refractivity contribution in [2.45, 2.75) is 6.92 Å². The second-order valence-electron chi connectivity index (χ2n) is 3.13. The molecule has 1 aliphatic heterocycles. The van der Waals surface area contributed by atoms with E-state index in [-0.39, 0.29) is 5.78 Å². The first kappa shape index (κ1) is 8.57. The van der Waals surface area contributed by atoms with E-state index >= 15 is 0 Å². The highest BCUT2D eigenvalue weighted by molar-refractivity contribution is 8.09. The van der Waals surface area contributed by atoms with E-state index in [1.165, 1.54) is 5.56 Å². The SMILES string of the molecule is Cc1cccc(C2=CC(=O)CS2)c1. The summed E-state index contributed by atoms with van der Waals surface area (Å²) in [4.78, 5) is 12.1. The molecule has 1 aromatic rings. The Balaban J connectivity index is 2.36. The van der Waals surface area contributed by atoms with Gasteiger partial charge in [-0.15, -0.1) is 11.8 Å². The molecular weight excluding hydrogens is 180 g/mol. The number of benzene rings is 1. The summed E-state index contributed by atoms with van der Waals surface area (Å²) < 4.78 is 0. The number of aryl methyl sites for hydroxylation is 1. The van der Waals surface area contributed by atoms with Crippen LogP contribution >= 0.6 is 11.8 Å². The van der Waals surface area contributed by atoms with Gasteiger partial charge in [0, 0.05) is 4.91 Å². The maximum absolute atomic E-state index is 11.0. The molecule has 0 spiro atoms. The van der Waals surface area contributed by atoms with Crippen LogP contribution in [0.15, 0.2) is 30.3 Å². The van der Waals surface area contributed by atoms with E-state index < -0.39 is 0 Å². The molecule has 66 valence electrons. The first-order valence-corrected chi connectivity index (χ1v) is 5.18. The van der Waals surface area contributed by atoms with Crippen molar-refractivity contribution in [3.05, 3.63) is 41.5 Å². The largest absolute Gasteiger partial charge is 0.294 e. The highest BCUT2D eigenvalue weighted by Crippen LogP contribution is 2.32. The zero-order chi connectivity index (χ0) is 9.26. The Morgan fingerprint density at radius 3 is 2.85 bits per heavy atom. The van der Waals surface area contributed by atoms with Crippen LogP contribution in [0.2, 0.25) is 0 Å². The molecule has 0 atom stereocenters. The number of ketones is 1. The smallest absolute Gasteiger partial charge is 0.167 e. The Morgan fingerprint density at radius 1 is 1.38 bits per heavy atom. The highest BCUT2D eigenvalue weighted by atomic mass is 32.2. The summed E-state index contributed by atoms with van der Waals surface area (Å²) in [6, 6.07) is 8.24. The zero-order valence-corrected chi connectivity index (χ0v) is 8.23. The molecule has 0 unspecified atom stereocenters. The topological polar surface area (TPSA) is 17.1 Å². The van der Waals surface area contributed by atoms with Crippen molar-refractivity contribution in [3.63, 3.8) is 0 Å². The number of carbonyl (C=O) groups is 1. The van der Waals surface area contributed by atoms with E-state index in [9.17, 15) is 4.79 Å². The number of rotatable bonds is 1. The molecule has 13 heavy (non-hydrogen) atoms. The van der Waals surface area contributed by atoms with Crippen molar-refractivity contribution in [2.24, 2.45) is 0 Å². The van der Waals surface area contributed by atoms with E-state index in [2.05, 4.69) is 19.1 Å². The Bertz CT molecular complexity index is 379. The van der Waals surface area contributed by atoms with Crippen LogP contribution in [0.5, 0.6) is 0 Å². The van der Waals surface area contributed by atoms with Gasteiger partial charge in [-0.25, -0.2) is 0 Å². The Hall–Kier alpha value is -1.02. The van der Waals surface area contributed by atoms with Gasteiger partial charge in [-0.3, -0.25) is 4.79 Å². The van der Waals surface area contributed by atoms with Gasteiger partial charge in [0.1, 0.15) is 0 Å². The summed E-state index contributed by atoms with van der Waals surface area (Å²) in [5, 5.41) is 0. The van der Waals surface area contributed by atoms with Gasteiger partial charge < -0.3 is 0 Å². The third-order valence-electron chi connectivity index (χ3n) is 1.96. The third kappa shape index (κ3) is 1.83. The molecule has 0 aliphatic carbocycles. The average Bonchev–Trinajstić information content (AvgIpc) is 2.52. The lowest BCUT2D eigenvalue weighted by Crippen LogP contribution is -1.86. The van der Waals surface area contributed by atoms with E-state index in [1.807, 2.05) is 12.1 Å². The second-order valence-corrected chi connectivity index (χ2v) is 4.15. The zero-order valence-electron chi connectivity index (χ0n) is 7.41. The maximum Gasteiger partial charge on any atom is 0.167 e. The molecular formula is C11H10OS. The molecule has 0 aromatic heterocycles. The van der Waals surface area contributed by atoms with Crippen molar-refractivity contribution >= 4 is 22.5 Å². The number of thioether (sulfide) groups is 1. The number of hydrogen-bond donors (Lipinski definition) is 0. The molecule has 1 heterocycles. The van der Waals surface area contributed by atoms with Crippen LogP contribution in [0.3, 0.4) is 0 Å². The van der Waals surface area contributed by atoms with Gasteiger partial charge in [0.2, 0.25) is 0 Å². The Morgan fingerprint density at radius 2 is 2.23 bits per heavy atom. The summed E-state index contributed by atoms with van der Waals surface area (Å²) in [7, 11) is 0. The number of hydrogen-bond acceptors (Lipinski definition) is 2. The second kappa shape index (κ2) is 3.38. The first-order chi connectivity index (χ1) is 6.25. The predicted octanol–water partition coefficient (Wildman–Crippen LogP) is 2.65. The lowest BCUT2D eigenvalue weighted by atomic mass is 10.1. The van der Waals surface area contributed by atoms with Crippen LogP contribution < -0.4 is 0 Å². The maximum atomic E-state index is 11.0. The summed E-state index contributed by atoms with van der Waals surface area (Å²) in [6.45, 7) is 2.06. The van der Waals surface area contributed by atoms with Gasteiger partial charge in [-0.05, 0) is 18.6 Å². The van der Waals surface area contributed by atoms with E-state index in [0.29, 0.717) is 5.75 Å². The van der Waals surface area contributed by atoms with Crippen LogP contribution in [0, 0.1) is 6.92 Å². The lowest BCUT2D eigenvalue weighted by molar-refractivity contribution is -0.112. The summed E-state index contributed by atoms with van der Waals surface area (Å²) in [6.07, 6.45) is 1.74. The summed E-state index contributed by atoms with van der Waals surface area (Å²) in [5.74, 6) is 0.824. The van der Waals surface area contributed by atoms with E-state index in [0.717, 1.165) is 10.5 Å². The van der Waals surface area contributed by atoms with Crippen LogP contribution in [-0.2, 0) is 4.79 Å². The fourth-order valence-corrected chi connectivity index (χ4v) is 2.23. The van der Waals surface area contributed by atoms with Gasteiger partial charge in [-0.1, -0.05) is 29.8 Å². The van der Waals surface area contributed by atoms with Crippen molar-refractivity contribution in [1.29, 1.82) is 0 Å². The standard InChI is InChI=1S/C11H10OS/c1-8-3-2-4-9(5-8)11-6-10(12)7-13-11/h2-6H,7H2,1H3. The van der Waals surface area contributed by atoms with Gasteiger partial charge in [0.25, 0.3) is 0 Å². The molecule has 1 aromatic carbocycles. The molecule has 0 fully saturated rings. The van der Waals surface area contributed by atoms with Crippen LogP contribution in [0.25, 0.3) is 4.91 Å². The predicted molar refractivity (Wildman–Crippen MR) is 56.6 cm³/mol. The Kier molecular flexibility index (Phi) is 2.23. The quantitative estimate of drug-likeness (QED) is 0.677. The molecule has 0 radical (unpaired) electrons. The van der Waals surface area contributed by atoms with Gasteiger partial charge in [0.05, 0.1) is 5.75 Å². The molecule has 1 nitrogen and oxygen atoms in total. The molecule has 2 rings (SSSR count). The third-order valence-corrected chi connectivity index (χ3v) is 3.06. The van der Waals surface area contributed by atoms with Gasteiger partial charge >= 0.3 is 0 Å². The monoisotopic (exact) mass is 190 g/mol. The van der Waals surface area contributed by atoms with Gasteiger partial charge in [0.15, 0.2) is 5.78 Å². The number of carbonyl (C=O) groups excluding carboxylic acids is 1. The minimum Gasteiger partial charge on any atom is -0.294 e. The van der Waals surface area contributed by atoms with E-state index in [1.54, 1.807) is 17.8 Å². The highest BCUT2D eigenvalue weighted by Gasteiger charge is 2.13. The molecule has 1 aliphatic rings. The van der Waals surface area contributed by atoms with Crippen molar-refractivity contribution in [1.82, 2.24) is 0 Å². The van der Waals surface area contributed by atoms with Crippen molar-refractivity contribution in [2.75, 3.05) is 5.75 Å². The minimum atomic E-state index is 0.224. The molecule has 0 bridgehead atoms. The number of allylic oxidation sites excluding steroid dienone is 1. The van der Waals surface area contributed by atoms with Crippen LogP contribution in [-0.4, -0.2) is 11.5 Å². The fourth-order valence-electron chi connectivity index (χ4n) is 1.34. The van der Waals surface area contributed by atoms with Crippen LogP contribution in [0.1, 0.15) is 11.1 Å². The van der Waals surface area contributed by atoms with Crippen molar-refractivity contribution in [3.8, 4) is 0 Å². The summed E-state index contributed by atoms with van der Waals surface area (Å²) >= 11 is 1.62. The van der Waals surface area contributed by atoms with Crippen molar-refractivity contribution < 1.29 is 4.79 Å². The average molecular weight is 190 g/mol. The van der Waals surface area contributed by atoms with Crippen LogP contribution in [0.4, 0.5) is 0 Å². The molecule has 2 heteroatoms. The fraction of sp³-hybridized carbons (Fsp3) is 0.182. The molecule has 0 N–H and O–H groups in total. The summed E-state index contributed by atoms with van der Waals surface area (Å²) in [5.41, 5.74) is 2.40. The van der Waals surface area contributed by atoms with Gasteiger partial charge in [-0.2, -0.15) is 0 Å². The molecule has 0 amide bonds. The van der Waals surface area contributed by atoms with E-state index in [4.69, 9.17) is 0 Å². The molecule has 0 saturated heterocycles. The lowest BCUT2D eigenvalue weighted by Gasteiger charge is -2.01. The molecule has 0 saturated carbocycles. The first-order valence-electron chi connectivity index (χ1n) is 4.20. The minimum absolute atomic E-state index is 0.224.